The number of phenolic OH excluding ortho intramolecular Hbond substituents is 1. The average molecular weight is 366 g/mol. The molecule has 0 radical (unpaired) electrons. The van der Waals surface area contributed by atoms with Gasteiger partial charge in [0.05, 0.1) is 18.5 Å². The van der Waals surface area contributed by atoms with E-state index >= 15 is 0 Å². The van der Waals surface area contributed by atoms with Crippen LogP contribution in [0, 0.1) is 0 Å². The van der Waals surface area contributed by atoms with Crippen molar-refractivity contribution in [2.24, 2.45) is 0 Å². The number of hydrogen-bond donors (Lipinski definition) is 3. The number of sulfone groups is 1. The molecule has 3 N–H and O–H groups in total. The first-order chi connectivity index (χ1) is 11.8. The van der Waals surface area contributed by atoms with Gasteiger partial charge in [0.15, 0.2) is 9.84 Å². The second kappa shape index (κ2) is 8.17. The fourth-order valence-corrected chi connectivity index (χ4v) is 5.27. The van der Waals surface area contributed by atoms with Gasteiger partial charge in [-0.3, -0.25) is 0 Å². The molecule has 0 bridgehead atoms. The Bertz CT molecular complexity index is 777. The van der Waals surface area contributed by atoms with Gasteiger partial charge < -0.3 is 15.3 Å². The molecule has 1 aliphatic rings. The maximum absolute atomic E-state index is 12.0. The lowest BCUT2D eigenvalue weighted by Gasteiger charge is -2.19. The van der Waals surface area contributed by atoms with Crippen LogP contribution in [0.3, 0.4) is 0 Å². The van der Waals surface area contributed by atoms with Gasteiger partial charge in [-0.2, -0.15) is 0 Å². The highest BCUT2D eigenvalue weighted by Gasteiger charge is 2.39. The summed E-state index contributed by atoms with van der Waals surface area (Å²) < 4.78 is 24.1. The second-order valence-corrected chi connectivity index (χ2v) is 8.67. The number of rotatable bonds is 7. The molecule has 1 aromatic carbocycles. The summed E-state index contributed by atoms with van der Waals surface area (Å²) in [7, 11) is -3.41. The highest BCUT2D eigenvalue weighted by atomic mass is 32.2. The Labute approximate surface area is 149 Å². The van der Waals surface area contributed by atoms with Gasteiger partial charge in [-0.1, -0.05) is 42.3 Å². The van der Waals surface area contributed by atoms with Crippen LogP contribution in [-0.4, -0.2) is 47.5 Å². The van der Waals surface area contributed by atoms with Crippen molar-refractivity contribution in [1.29, 1.82) is 0 Å². The second-order valence-electron chi connectivity index (χ2n) is 6.48. The molecular formula is C19H26O5S. The summed E-state index contributed by atoms with van der Waals surface area (Å²) >= 11 is 0. The van der Waals surface area contributed by atoms with Crippen LogP contribution < -0.4 is 0 Å². The molecule has 0 saturated carbocycles. The summed E-state index contributed by atoms with van der Waals surface area (Å²) in [5.74, 6) is 0.105. The quantitative estimate of drug-likeness (QED) is 0.644. The number of allylic oxidation sites excluding steroid dienone is 1. The molecule has 0 aliphatic carbocycles. The molecule has 2 atom stereocenters. The molecule has 0 saturated heterocycles. The van der Waals surface area contributed by atoms with E-state index in [1.54, 1.807) is 19.1 Å². The van der Waals surface area contributed by atoms with Crippen LogP contribution in [0.4, 0.5) is 0 Å². The standard InChI is InChI=1S/C19H26O5S/c1-3-14(10-15-6-4-5-7-16(15)21)8-9-17(22)19-13(2)12-25(23,24)18(19)11-20/h4-7,10,17-18,20-22H,3,8-9,11-12H2,1-2H3/b14-10+/t17-,18+/m1/s1. The number of phenols is 1. The molecule has 138 valence electrons. The van der Waals surface area contributed by atoms with Crippen LogP contribution in [0.2, 0.25) is 0 Å². The first-order valence-corrected chi connectivity index (χ1v) is 10.2. The highest BCUT2D eigenvalue weighted by molar-refractivity contribution is 7.92. The normalized spacial score (nSPS) is 21.6. The average Bonchev–Trinajstić information content (AvgIpc) is 2.80. The van der Waals surface area contributed by atoms with Crippen molar-refractivity contribution in [3.63, 3.8) is 0 Å². The maximum Gasteiger partial charge on any atom is 0.163 e. The molecule has 1 aliphatic heterocycles. The van der Waals surface area contributed by atoms with Crippen LogP contribution in [0.5, 0.6) is 5.75 Å². The number of para-hydroxylation sites is 1. The predicted octanol–water partition coefficient (Wildman–Crippen LogP) is 2.43. The first kappa shape index (κ1) is 19.7. The molecule has 0 aromatic heterocycles. The highest BCUT2D eigenvalue weighted by Crippen LogP contribution is 2.32. The van der Waals surface area contributed by atoms with Crippen molar-refractivity contribution in [2.45, 2.75) is 44.5 Å². The monoisotopic (exact) mass is 366 g/mol. The zero-order chi connectivity index (χ0) is 18.6. The first-order valence-electron chi connectivity index (χ1n) is 8.47. The number of hydrogen-bond acceptors (Lipinski definition) is 5. The van der Waals surface area contributed by atoms with Gasteiger partial charge in [0.2, 0.25) is 0 Å². The van der Waals surface area contributed by atoms with E-state index < -0.39 is 27.8 Å². The van der Waals surface area contributed by atoms with Gasteiger partial charge >= 0.3 is 0 Å². The van der Waals surface area contributed by atoms with Crippen molar-refractivity contribution in [2.75, 3.05) is 12.4 Å². The SMILES string of the molecule is CC/C(=C\c1ccccc1O)CC[C@@H](O)C1=C(C)CS(=O)(=O)[C@H]1CO. The Morgan fingerprint density at radius 1 is 1.36 bits per heavy atom. The van der Waals surface area contributed by atoms with Gasteiger partial charge in [-0.15, -0.1) is 0 Å². The van der Waals surface area contributed by atoms with Crippen LogP contribution in [-0.2, 0) is 9.84 Å². The number of benzene rings is 1. The third kappa shape index (κ3) is 4.51. The van der Waals surface area contributed by atoms with E-state index in [9.17, 15) is 23.7 Å². The van der Waals surface area contributed by atoms with E-state index in [-0.39, 0.29) is 11.5 Å². The van der Waals surface area contributed by atoms with E-state index in [1.165, 1.54) is 0 Å². The summed E-state index contributed by atoms with van der Waals surface area (Å²) in [4.78, 5) is 0. The van der Waals surface area contributed by atoms with E-state index in [1.807, 2.05) is 25.1 Å². The van der Waals surface area contributed by atoms with E-state index in [0.29, 0.717) is 24.0 Å². The Hall–Kier alpha value is -1.63. The molecule has 25 heavy (non-hydrogen) atoms. The van der Waals surface area contributed by atoms with E-state index in [0.717, 1.165) is 17.6 Å². The molecule has 0 spiro atoms. The van der Waals surface area contributed by atoms with Crippen molar-refractivity contribution < 1.29 is 23.7 Å². The Morgan fingerprint density at radius 2 is 2.04 bits per heavy atom. The number of aliphatic hydroxyl groups is 2. The van der Waals surface area contributed by atoms with Gasteiger partial charge in [-0.25, -0.2) is 8.42 Å². The van der Waals surface area contributed by atoms with Crippen LogP contribution in [0.15, 0.2) is 41.0 Å². The molecule has 0 amide bonds. The Balaban J connectivity index is 2.11. The van der Waals surface area contributed by atoms with E-state index in [4.69, 9.17) is 0 Å². The molecule has 2 rings (SSSR count). The molecule has 1 aromatic rings. The lowest BCUT2D eigenvalue weighted by molar-refractivity contribution is 0.188. The topological polar surface area (TPSA) is 94.8 Å². The minimum atomic E-state index is -3.41. The molecule has 0 fully saturated rings. The smallest absolute Gasteiger partial charge is 0.163 e. The van der Waals surface area contributed by atoms with Crippen molar-refractivity contribution in [3.05, 3.63) is 46.5 Å². The van der Waals surface area contributed by atoms with Crippen molar-refractivity contribution in [1.82, 2.24) is 0 Å². The molecule has 1 heterocycles. The Kier molecular flexibility index (Phi) is 6.43. The lowest BCUT2D eigenvalue weighted by Crippen LogP contribution is -2.29. The summed E-state index contributed by atoms with van der Waals surface area (Å²) in [6.45, 7) is 3.20. The van der Waals surface area contributed by atoms with Gasteiger partial charge in [0.25, 0.3) is 0 Å². The van der Waals surface area contributed by atoms with E-state index in [2.05, 4.69) is 0 Å². The fraction of sp³-hybridized carbons (Fsp3) is 0.474. The minimum Gasteiger partial charge on any atom is -0.507 e. The third-order valence-corrected chi connectivity index (χ3v) is 6.81. The van der Waals surface area contributed by atoms with Crippen LogP contribution in [0.1, 0.15) is 38.7 Å². The van der Waals surface area contributed by atoms with Crippen molar-refractivity contribution >= 4 is 15.9 Å². The maximum atomic E-state index is 12.0. The lowest BCUT2D eigenvalue weighted by atomic mass is 9.94. The predicted molar refractivity (Wildman–Crippen MR) is 99.0 cm³/mol. The van der Waals surface area contributed by atoms with Crippen LogP contribution >= 0.6 is 0 Å². The zero-order valence-corrected chi connectivity index (χ0v) is 15.5. The van der Waals surface area contributed by atoms with Gasteiger partial charge in [0.1, 0.15) is 11.0 Å². The minimum absolute atomic E-state index is 0.0982. The molecule has 6 heteroatoms. The van der Waals surface area contributed by atoms with Gasteiger partial charge in [0, 0.05) is 5.56 Å². The number of aliphatic hydroxyl groups excluding tert-OH is 2. The molecule has 5 nitrogen and oxygen atoms in total. The Morgan fingerprint density at radius 3 is 2.64 bits per heavy atom. The molecular weight excluding hydrogens is 340 g/mol. The summed E-state index contributed by atoms with van der Waals surface area (Å²) in [6, 6.07) is 7.04. The third-order valence-electron chi connectivity index (χ3n) is 4.71. The summed E-state index contributed by atoms with van der Waals surface area (Å²) in [6.07, 6.45) is 2.74. The fourth-order valence-electron chi connectivity index (χ4n) is 3.32. The van der Waals surface area contributed by atoms with Gasteiger partial charge in [-0.05, 0) is 37.8 Å². The molecule has 0 unspecified atom stereocenters. The van der Waals surface area contributed by atoms with Crippen molar-refractivity contribution in [3.8, 4) is 5.75 Å². The van der Waals surface area contributed by atoms with Crippen LogP contribution in [0.25, 0.3) is 6.08 Å². The largest absolute Gasteiger partial charge is 0.507 e. The zero-order valence-electron chi connectivity index (χ0n) is 14.6. The summed E-state index contributed by atoms with van der Waals surface area (Å²) in [5, 5.41) is 28.8. The summed E-state index contributed by atoms with van der Waals surface area (Å²) in [5.41, 5.74) is 2.86. The number of aromatic hydroxyl groups is 1.